The summed E-state index contributed by atoms with van der Waals surface area (Å²) in [5.41, 5.74) is -0.0552. The summed E-state index contributed by atoms with van der Waals surface area (Å²) >= 11 is 0. The molecule has 0 aliphatic rings. The predicted molar refractivity (Wildman–Crippen MR) is 73.8 cm³/mol. The minimum atomic E-state index is -4.55. The summed E-state index contributed by atoms with van der Waals surface area (Å²) < 4.78 is 38.3. The lowest BCUT2D eigenvalue weighted by atomic mass is 9.97. The fraction of sp³-hybridized carbons (Fsp3) is 0.692. The lowest BCUT2D eigenvalue weighted by Gasteiger charge is -2.20. The van der Waals surface area contributed by atoms with Crippen molar-refractivity contribution in [2.45, 2.75) is 40.3 Å². The van der Waals surface area contributed by atoms with E-state index in [1.807, 2.05) is 27.7 Å². The van der Waals surface area contributed by atoms with E-state index in [1.165, 1.54) is 6.07 Å². The molecule has 20 heavy (non-hydrogen) atoms. The summed E-state index contributed by atoms with van der Waals surface area (Å²) in [5, 5.41) is 5.78. The smallest absolute Gasteiger partial charge is 0.370 e. The van der Waals surface area contributed by atoms with E-state index in [0.717, 1.165) is 6.42 Å². The van der Waals surface area contributed by atoms with Crippen LogP contribution in [0.25, 0.3) is 0 Å². The Bertz CT molecular complexity index is 438. The van der Waals surface area contributed by atoms with Crippen LogP contribution in [0.1, 0.15) is 39.9 Å². The third kappa shape index (κ3) is 5.63. The first-order chi connectivity index (χ1) is 9.12. The van der Waals surface area contributed by atoms with Crippen molar-refractivity contribution in [3.8, 4) is 0 Å². The molecular formula is C13H21F3N4. The van der Waals surface area contributed by atoms with Gasteiger partial charge in [-0.1, -0.05) is 27.7 Å². The number of hydrogen-bond acceptors (Lipinski definition) is 4. The zero-order valence-corrected chi connectivity index (χ0v) is 12.2. The fourth-order valence-corrected chi connectivity index (χ4v) is 1.36. The average molecular weight is 290 g/mol. The highest BCUT2D eigenvalue weighted by Crippen LogP contribution is 2.28. The molecule has 0 aliphatic heterocycles. The lowest BCUT2D eigenvalue weighted by Crippen LogP contribution is -2.21. The van der Waals surface area contributed by atoms with Crippen LogP contribution in [0.15, 0.2) is 6.07 Å². The Hall–Kier alpha value is -1.53. The van der Waals surface area contributed by atoms with Crippen molar-refractivity contribution in [1.29, 1.82) is 0 Å². The molecule has 1 rings (SSSR count). The van der Waals surface area contributed by atoms with Crippen molar-refractivity contribution in [1.82, 2.24) is 9.97 Å². The summed E-state index contributed by atoms with van der Waals surface area (Å²) in [6, 6.07) is 1.50. The highest BCUT2D eigenvalue weighted by atomic mass is 19.4. The maximum Gasteiger partial charge on any atom is 0.451 e. The molecule has 0 aromatic carbocycles. The van der Waals surface area contributed by atoms with Crippen LogP contribution >= 0.6 is 0 Å². The van der Waals surface area contributed by atoms with Crippen LogP contribution in [-0.2, 0) is 6.18 Å². The van der Waals surface area contributed by atoms with E-state index >= 15 is 0 Å². The molecule has 0 atom stereocenters. The molecule has 0 saturated carbocycles. The Morgan fingerprint density at radius 2 is 1.60 bits per heavy atom. The Morgan fingerprint density at radius 3 is 2.05 bits per heavy atom. The van der Waals surface area contributed by atoms with Crippen LogP contribution < -0.4 is 10.6 Å². The molecule has 7 heteroatoms. The molecule has 1 heterocycles. The molecule has 1 aromatic rings. The molecule has 4 nitrogen and oxygen atoms in total. The minimum Gasteiger partial charge on any atom is -0.370 e. The first-order valence-corrected chi connectivity index (χ1v) is 6.56. The van der Waals surface area contributed by atoms with Crippen molar-refractivity contribution < 1.29 is 13.2 Å². The summed E-state index contributed by atoms with van der Waals surface area (Å²) in [5.74, 6) is -0.763. The van der Waals surface area contributed by atoms with Gasteiger partial charge >= 0.3 is 6.18 Å². The molecule has 2 N–H and O–H groups in total. The standard InChI is InChI=1S/C13H21F3N4/c1-5-6-17-9-7-10(18-8-12(2,3)4)20-11(19-9)13(14,15)16/h7H,5-6,8H2,1-4H3,(H2,17,18,19,20). The molecule has 0 saturated heterocycles. The second kappa shape index (κ2) is 6.28. The van der Waals surface area contributed by atoms with E-state index in [1.54, 1.807) is 0 Å². The largest absolute Gasteiger partial charge is 0.451 e. The number of nitrogens with one attached hydrogen (secondary N) is 2. The van der Waals surface area contributed by atoms with Gasteiger partial charge in [0.25, 0.3) is 0 Å². The van der Waals surface area contributed by atoms with E-state index in [9.17, 15) is 13.2 Å². The van der Waals surface area contributed by atoms with Crippen molar-refractivity contribution in [3.63, 3.8) is 0 Å². The number of aromatic nitrogens is 2. The molecule has 0 spiro atoms. The first kappa shape index (κ1) is 16.5. The zero-order valence-electron chi connectivity index (χ0n) is 12.2. The third-order valence-corrected chi connectivity index (χ3v) is 2.34. The van der Waals surface area contributed by atoms with Gasteiger partial charge in [-0.3, -0.25) is 0 Å². The van der Waals surface area contributed by atoms with Crippen LogP contribution in [0.3, 0.4) is 0 Å². The number of alkyl halides is 3. The molecule has 0 unspecified atom stereocenters. The Morgan fingerprint density at radius 1 is 1.05 bits per heavy atom. The van der Waals surface area contributed by atoms with Gasteiger partial charge in [0.05, 0.1) is 0 Å². The Balaban J connectivity index is 2.97. The second-order valence-corrected chi connectivity index (χ2v) is 5.80. The lowest BCUT2D eigenvalue weighted by molar-refractivity contribution is -0.144. The van der Waals surface area contributed by atoms with E-state index < -0.39 is 12.0 Å². The van der Waals surface area contributed by atoms with Gasteiger partial charge in [0, 0.05) is 19.2 Å². The Kier molecular flexibility index (Phi) is 5.19. The minimum absolute atomic E-state index is 0.0552. The van der Waals surface area contributed by atoms with Gasteiger partial charge < -0.3 is 10.6 Å². The number of halogens is 3. The second-order valence-electron chi connectivity index (χ2n) is 5.80. The molecule has 0 radical (unpaired) electrons. The van der Waals surface area contributed by atoms with Crippen molar-refractivity contribution in [2.75, 3.05) is 23.7 Å². The summed E-state index contributed by atoms with van der Waals surface area (Å²) in [7, 11) is 0. The normalized spacial score (nSPS) is 12.3. The van der Waals surface area contributed by atoms with Crippen LogP contribution in [0.5, 0.6) is 0 Å². The number of hydrogen-bond donors (Lipinski definition) is 2. The van der Waals surface area contributed by atoms with Crippen LogP contribution in [0.4, 0.5) is 24.8 Å². The van der Waals surface area contributed by atoms with Gasteiger partial charge in [0.2, 0.25) is 5.82 Å². The van der Waals surface area contributed by atoms with Gasteiger partial charge in [-0.2, -0.15) is 13.2 Å². The van der Waals surface area contributed by atoms with Crippen LogP contribution in [0, 0.1) is 5.41 Å². The van der Waals surface area contributed by atoms with Gasteiger partial charge in [0.1, 0.15) is 11.6 Å². The monoisotopic (exact) mass is 290 g/mol. The summed E-state index contributed by atoms with van der Waals surface area (Å²) in [4.78, 5) is 7.03. The van der Waals surface area contributed by atoms with Gasteiger partial charge in [0.15, 0.2) is 0 Å². The van der Waals surface area contributed by atoms with Gasteiger partial charge in [-0.25, -0.2) is 9.97 Å². The van der Waals surface area contributed by atoms with Crippen molar-refractivity contribution in [2.24, 2.45) is 5.41 Å². The fourth-order valence-electron chi connectivity index (χ4n) is 1.36. The number of nitrogens with zero attached hydrogens (tertiary/aromatic N) is 2. The third-order valence-electron chi connectivity index (χ3n) is 2.34. The zero-order chi connectivity index (χ0) is 15.4. The summed E-state index contributed by atoms with van der Waals surface area (Å²) in [6.07, 6.45) is -3.75. The molecule has 0 bridgehead atoms. The molecule has 1 aromatic heterocycles. The maximum atomic E-state index is 12.8. The Labute approximate surface area is 117 Å². The number of anilines is 2. The molecule has 0 fully saturated rings. The molecule has 0 aliphatic carbocycles. The highest BCUT2D eigenvalue weighted by molar-refractivity contribution is 5.48. The molecule has 0 amide bonds. The summed E-state index contributed by atoms with van der Waals surface area (Å²) in [6.45, 7) is 8.98. The van der Waals surface area contributed by atoms with Gasteiger partial charge in [-0.05, 0) is 11.8 Å². The highest BCUT2D eigenvalue weighted by Gasteiger charge is 2.35. The topological polar surface area (TPSA) is 49.8 Å². The first-order valence-electron chi connectivity index (χ1n) is 6.56. The average Bonchev–Trinajstić information content (AvgIpc) is 2.32. The van der Waals surface area contributed by atoms with Crippen LogP contribution in [-0.4, -0.2) is 23.1 Å². The quantitative estimate of drug-likeness (QED) is 0.866. The van der Waals surface area contributed by atoms with Crippen LogP contribution in [0.2, 0.25) is 0 Å². The maximum absolute atomic E-state index is 12.8. The molecule has 114 valence electrons. The SMILES string of the molecule is CCCNc1cc(NCC(C)(C)C)nc(C(F)(F)F)n1. The predicted octanol–water partition coefficient (Wildman–Crippen LogP) is 3.78. The molecular weight excluding hydrogens is 269 g/mol. The van der Waals surface area contributed by atoms with Gasteiger partial charge in [-0.15, -0.1) is 0 Å². The van der Waals surface area contributed by atoms with E-state index in [-0.39, 0.29) is 17.1 Å². The van der Waals surface area contributed by atoms with E-state index in [4.69, 9.17) is 0 Å². The number of rotatable bonds is 5. The van der Waals surface area contributed by atoms with Crippen molar-refractivity contribution >= 4 is 11.6 Å². The van der Waals surface area contributed by atoms with E-state index in [2.05, 4.69) is 20.6 Å². The van der Waals surface area contributed by atoms with Crippen molar-refractivity contribution in [3.05, 3.63) is 11.9 Å². The van der Waals surface area contributed by atoms with E-state index in [0.29, 0.717) is 13.1 Å².